The normalized spacial score (nSPS) is 24.6. The third-order valence-corrected chi connectivity index (χ3v) is 7.33. The summed E-state index contributed by atoms with van der Waals surface area (Å²) < 4.78 is 5.80. The van der Waals surface area contributed by atoms with Crippen LogP contribution in [0.2, 0.25) is 0 Å². The van der Waals surface area contributed by atoms with Crippen molar-refractivity contribution in [1.82, 2.24) is 20.1 Å². The fraction of sp³-hybridized carbons (Fsp3) is 0.593. The quantitative estimate of drug-likeness (QED) is 0.581. The number of hydrogen-bond acceptors (Lipinski definition) is 6. The maximum atomic E-state index is 13.8. The first kappa shape index (κ1) is 25.9. The molecular formula is C27H36N4O5. The van der Waals surface area contributed by atoms with Crippen molar-refractivity contribution < 1.29 is 23.9 Å². The number of piperidine rings is 1. The summed E-state index contributed by atoms with van der Waals surface area (Å²) in [6.07, 6.45) is 5.65. The second kappa shape index (κ2) is 10.0. The van der Waals surface area contributed by atoms with Crippen LogP contribution in [0.1, 0.15) is 65.5 Å². The Hall–Kier alpha value is -3.23. The van der Waals surface area contributed by atoms with E-state index in [2.05, 4.69) is 24.1 Å². The number of pyridine rings is 1. The topological polar surface area (TPSA) is 109 Å². The lowest BCUT2D eigenvalue weighted by Gasteiger charge is -2.41. The molecule has 36 heavy (non-hydrogen) atoms. The molecule has 1 atom stereocenters. The number of carbonyl (C=O) groups excluding carboxylic acids is 4. The molecule has 0 aromatic carbocycles. The van der Waals surface area contributed by atoms with E-state index in [-0.39, 0.29) is 42.2 Å². The molecule has 9 heteroatoms. The first-order chi connectivity index (χ1) is 17.0. The maximum absolute atomic E-state index is 13.8. The summed E-state index contributed by atoms with van der Waals surface area (Å²) in [7, 11) is 0. The molecule has 0 bridgehead atoms. The van der Waals surface area contributed by atoms with Gasteiger partial charge in [0.25, 0.3) is 11.8 Å². The summed E-state index contributed by atoms with van der Waals surface area (Å²) in [6.45, 7) is 8.76. The van der Waals surface area contributed by atoms with Crippen LogP contribution >= 0.6 is 0 Å². The van der Waals surface area contributed by atoms with E-state index in [0.29, 0.717) is 44.0 Å². The predicted molar refractivity (Wildman–Crippen MR) is 132 cm³/mol. The molecule has 0 spiro atoms. The van der Waals surface area contributed by atoms with E-state index in [1.807, 2.05) is 6.07 Å². The van der Waals surface area contributed by atoms with E-state index in [9.17, 15) is 19.2 Å². The third-order valence-electron chi connectivity index (χ3n) is 7.33. The van der Waals surface area contributed by atoms with Gasteiger partial charge in [0.2, 0.25) is 0 Å². The van der Waals surface area contributed by atoms with Gasteiger partial charge in [0.1, 0.15) is 11.1 Å². The lowest BCUT2D eigenvalue weighted by molar-refractivity contribution is -0.140. The molecule has 0 unspecified atom stereocenters. The molecule has 2 fully saturated rings. The molecule has 0 aliphatic carbocycles. The van der Waals surface area contributed by atoms with Crippen LogP contribution in [0.5, 0.6) is 0 Å². The van der Waals surface area contributed by atoms with Crippen molar-refractivity contribution in [2.45, 2.75) is 77.5 Å². The number of hydrogen-bond donors (Lipinski definition) is 1. The fourth-order valence-corrected chi connectivity index (χ4v) is 5.43. The summed E-state index contributed by atoms with van der Waals surface area (Å²) in [6, 6.07) is 5.03. The van der Waals surface area contributed by atoms with Gasteiger partial charge in [-0.2, -0.15) is 0 Å². The standard InChI is InChI=1S/C27H36N4O5/c1-18(2)8-11-27(24(34)31(25(35)29-27)17-20-7-5-6-12-28-20)19-9-13-30(14-10-19)23(33)22-15-21(32)16-26(3,4)36-22/h5-7,12,15,18-19H,8-11,13-14,16-17H2,1-4H3,(H,29,35)/t27-/m0/s1. The van der Waals surface area contributed by atoms with E-state index in [1.165, 1.54) is 11.0 Å². The highest BCUT2D eigenvalue weighted by Crippen LogP contribution is 2.39. The molecule has 2 saturated heterocycles. The van der Waals surface area contributed by atoms with Gasteiger partial charge in [-0.1, -0.05) is 19.9 Å². The molecule has 1 aromatic rings. The zero-order valence-electron chi connectivity index (χ0n) is 21.6. The average Bonchev–Trinajstić information content (AvgIpc) is 3.07. The number of carbonyl (C=O) groups is 4. The number of amides is 4. The molecule has 0 saturated carbocycles. The zero-order chi connectivity index (χ0) is 26.1. The van der Waals surface area contributed by atoms with Gasteiger partial charge in [0.05, 0.1) is 12.2 Å². The summed E-state index contributed by atoms with van der Waals surface area (Å²) in [5.41, 5.74) is -1.06. The molecule has 9 nitrogen and oxygen atoms in total. The summed E-state index contributed by atoms with van der Waals surface area (Å²) in [5.74, 6) is -0.293. The van der Waals surface area contributed by atoms with Crippen molar-refractivity contribution >= 4 is 23.6 Å². The van der Waals surface area contributed by atoms with Crippen LogP contribution in [0, 0.1) is 11.8 Å². The number of nitrogens with one attached hydrogen (secondary N) is 1. The average molecular weight is 497 g/mol. The number of allylic oxidation sites excluding steroid dienone is 1. The highest BCUT2D eigenvalue weighted by Gasteiger charge is 2.55. The van der Waals surface area contributed by atoms with Crippen LogP contribution < -0.4 is 5.32 Å². The molecule has 3 aliphatic heterocycles. The van der Waals surface area contributed by atoms with Gasteiger partial charge in [0.15, 0.2) is 11.5 Å². The van der Waals surface area contributed by atoms with E-state index >= 15 is 0 Å². The summed E-state index contributed by atoms with van der Waals surface area (Å²) in [4.78, 5) is 59.2. The molecule has 3 aliphatic rings. The number of rotatable bonds is 7. The SMILES string of the molecule is CC(C)CC[C@@]1(C2CCN(C(=O)C3=CC(=O)CC(C)(C)O3)CC2)NC(=O)N(Cc2ccccn2)C1=O. The minimum absolute atomic E-state index is 0.0796. The first-order valence-electron chi connectivity index (χ1n) is 12.8. The van der Waals surface area contributed by atoms with Crippen molar-refractivity contribution in [2.24, 2.45) is 11.8 Å². The number of aromatic nitrogens is 1. The van der Waals surface area contributed by atoms with Crippen LogP contribution in [0.25, 0.3) is 0 Å². The molecule has 4 heterocycles. The molecule has 1 aromatic heterocycles. The summed E-state index contributed by atoms with van der Waals surface area (Å²) >= 11 is 0. The Bertz CT molecular complexity index is 1060. The minimum atomic E-state index is -0.996. The Morgan fingerprint density at radius 1 is 1.19 bits per heavy atom. The summed E-state index contributed by atoms with van der Waals surface area (Å²) in [5, 5.41) is 3.06. The van der Waals surface area contributed by atoms with E-state index < -0.39 is 17.2 Å². The monoisotopic (exact) mass is 496 g/mol. The lowest BCUT2D eigenvalue weighted by atomic mass is 9.73. The Morgan fingerprint density at radius 3 is 2.53 bits per heavy atom. The van der Waals surface area contributed by atoms with Gasteiger partial charge in [-0.3, -0.25) is 24.3 Å². The van der Waals surface area contributed by atoms with Crippen LogP contribution in [-0.4, -0.2) is 62.6 Å². The number of imide groups is 1. The molecule has 1 N–H and O–H groups in total. The van der Waals surface area contributed by atoms with Crippen LogP contribution in [0.15, 0.2) is 36.2 Å². The van der Waals surface area contributed by atoms with Crippen molar-refractivity contribution in [1.29, 1.82) is 0 Å². The van der Waals surface area contributed by atoms with Gasteiger partial charge in [-0.05, 0) is 63.5 Å². The zero-order valence-corrected chi connectivity index (χ0v) is 21.6. The number of likely N-dealkylation sites (tertiary alicyclic amines) is 1. The molecular weight excluding hydrogens is 460 g/mol. The molecule has 4 rings (SSSR count). The van der Waals surface area contributed by atoms with E-state index in [0.717, 1.165) is 6.42 Å². The highest BCUT2D eigenvalue weighted by atomic mass is 16.5. The second-order valence-electron chi connectivity index (χ2n) is 11.1. The van der Waals surface area contributed by atoms with Gasteiger partial charge in [-0.15, -0.1) is 0 Å². The van der Waals surface area contributed by atoms with E-state index in [4.69, 9.17) is 4.74 Å². The Kier molecular flexibility index (Phi) is 7.20. The Morgan fingerprint density at radius 2 is 1.92 bits per heavy atom. The maximum Gasteiger partial charge on any atom is 0.325 e. The highest BCUT2D eigenvalue weighted by molar-refractivity contribution is 6.07. The number of ketones is 1. The second-order valence-corrected chi connectivity index (χ2v) is 11.1. The first-order valence-corrected chi connectivity index (χ1v) is 12.8. The van der Waals surface area contributed by atoms with Crippen LogP contribution in [-0.2, 0) is 25.7 Å². The largest absolute Gasteiger partial charge is 0.481 e. The predicted octanol–water partition coefficient (Wildman–Crippen LogP) is 3.20. The molecule has 4 amide bonds. The number of urea groups is 1. The van der Waals surface area contributed by atoms with Crippen LogP contribution in [0.4, 0.5) is 4.79 Å². The Balaban J connectivity index is 1.49. The Labute approximate surface area is 212 Å². The van der Waals surface area contributed by atoms with Gasteiger partial charge < -0.3 is 15.0 Å². The number of nitrogens with zero attached hydrogens (tertiary/aromatic N) is 3. The molecule has 0 radical (unpaired) electrons. The minimum Gasteiger partial charge on any atom is -0.481 e. The van der Waals surface area contributed by atoms with Crippen molar-refractivity contribution in [3.63, 3.8) is 0 Å². The smallest absolute Gasteiger partial charge is 0.325 e. The van der Waals surface area contributed by atoms with Crippen molar-refractivity contribution in [2.75, 3.05) is 13.1 Å². The fourth-order valence-electron chi connectivity index (χ4n) is 5.43. The van der Waals surface area contributed by atoms with Crippen molar-refractivity contribution in [3.05, 3.63) is 41.9 Å². The van der Waals surface area contributed by atoms with Crippen molar-refractivity contribution in [3.8, 4) is 0 Å². The van der Waals surface area contributed by atoms with Crippen LogP contribution in [0.3, 0.4) is 0 Å². The molecule has 194 valence electrons. The van der Waals surface area contributed by atoms with Gasteiger partial charge in [0, 0.05) is 31.8 Å². The van der Waals surface area contributed by atoms with Gasteiger partial charge in [-0.25, -0.2) is 4.79 Å². The third kappa shape index (κ3) is 5.29. The number of ether oxygens (including phenoxy) is 1. The van der Waals surface area contributed by atoms with Gasteiger partial charge >= 0.3 is 6.03 Å². The lowest BCUT2D eigenvalue weighted by Crippen LogP contribution is -2.57. The van der Waals surface area contributed by atoms with E-state index in [1.54, 1.807) is 37.1 Å².